The molecule has 2 amide bonds. The number of nitrogens with one attached hydrogen (secondary N) is 1. The fourth-order valence-electron chi connectivity index (χ4n) is 4.55. The van der Waals surface area contributed by atoms with Crippen molar-refractivity contribution in [3.8, 4) is 5.88 Å². The molecule has 43 heavy (non-hydrogen) atoms. The van der Waals surface area contributed by atoms with Crippen molar-refractivity contribution < 1.29 is 27.2 Å². The predicted molar refractivity (Wildman–Crippen MR) is 168 cm³/mol. The molecule has 13 nitrogen and oxygen atoms in total. The summed E-state index contributed by atoms with van der Waals surface area (Å²) < 4.78 is 41.8. The smallest absolute Gasteiger partial charge is 0.271 e. The highest BCUT2D eigenvalue weighted by Gasteiger charge is 2.37. The molecule has 3 N–H and O–H groups in total. The van der Waals surface area contributed by atoms with Crippen LogP contribution in [0.4, 0.5) is 5.69 Å². The predicted octanol–water partition coefficient (Wildman–Crippen LogP) is 2.94. The quantitative estimate of drug-likeness (QED) is 0.315. The number of hydrogen-bond donors (Lipinski definition) is 2. The molecule has 240 valence electrons. The van der Waals surface area contributed by atoms with Crippen LogP contribution in [0, 0.1) is 0 Å². The van der Waals surface area contributed by atoms with E-state index in [9.17, 15) is 18.0 Å². The minimum atomic E-state index is -3.91. The first-order valence-corrected chi connectivity index (χ1v) is 19.1. The van der Waals surface area contributed by atoms with Gasteiger partial charge in [-0.15, -0.1) is 0 Å². The number of sulfonamides is 1. The van der Waals surface area contributed by atoms with Gasteiger partial charge in [0, 0.05) is 26.2 Å². The second-order valence-corrected chi connectivity index (χ2v) is 18.7. The fraction of sp³-hybridized carbons (Fsp3) is 0.643. The number of ether oxygens (including phenoxy) is 1. The average Bonchev–Trinajstić information content (AvgIpc) is 3.29. The van der Waals surface area contributed by atoms with Gasteiger partial charge in [0.05, 0.1) is 37.3 Å². The van der Waals surface area contributed by atoms with Crippen LogP contribution in [0.5, 0.6) is 5.88 Å². The van der Waals surface area contributed by atoms with E-state index in [0.29, 0.717) is 51.4 Å². The van der Waals surface area contributed by atoms with Crippen molar-refractivity contribution in [3.05, 3.63) is 29.2 Å². The zero-order chi connectivity index (χ0) is 32.2. The molecule has 0 atom stereocenters. The lowest BCUT2D eigenvalue weighted by Crippen LogP contribution is -2.48. The number of nitrogens with zero attached hydrogens (tertiary/aromatic N) is 5. The molecule has 1 fully saturated rings. The van der Waals surface area contributed by atoms with Crippen molar-refractivity contribution in [2.24, 2.45) is 5.73 Å². The third-order valence-electron chi connectivity index (χ3n) is 8.20. The molecular formula is C28H47N7O6SSi. The van der Waals surface area contributed by atoms with Gasteiger partial charge in [-0.25, -0.2) is 13.4 Å². The minimum Gasteiger partial charge on any atom is -0.477 e. The number of nitrogens with two attached hydrogens (primary N) is 1. The lowest BCUT2D eigenvalue weighted by molar-refractivity contribution is 0.0995. The standard InChI is InChI=1S/C28H47N7O6SSi/c1-9-22-23(24(25(29)36)32-35(22)16-17-41-43(7,8)28(4,5)6)31-26(37)21-18-20(19-30-27(21)40-11-3)42(38,39)34-14-12-33(10-2)13-15-34/h18-19H,9-17H2,1-8H3,(H2,29,36)(H,31,37). The summed E-state index contributed by atoms with van der Waals surface area (Å²) >= 11 is 0. The molecule has 1 aliphatic rings. The highest BCUT2D eigenvalue weighted by Crippen LogP contribution is 2.36. The van der Waals surface area contributed by atoms with Gasteiger partial charge in [-0.1, -0.05) is 34.6 Å². The largest absolute Gasteiger partial charge is 0.477 e. The minimum absolute atomic E-state index is 0.0245. The van der Waals surface area contributed by atoms with Crippen LogP contribution in [0.3, 0.4) is 0 Å². The van der Waals surface area contributed by atoms with Gasteiger partial charge in [0.15, 0.2) is 14.0 Å². The van der Waals surface area contributed by atoms with Crippen LogP contribution in [0.2, 0.25) is 18.1 Å². The Labute approximate surface area is 256 Å². The Morgan fingerprint density at radius 3 is 2.30 bits per heavy atom. The lowest BCUT2D eigenvalue weighted by atomic mass is 10.2. The summed E-state index contributed by atoms with van der Waals surface area (Å²) in [6.45, 7) is 20.1. The maximum Gasteiger partial charge on any atom is 0.271 e. The molecule has 0 aliphatic carbocycles. The molecular weight excluding hydrogens is 591 g/mol. The Morgan fingerprint density at radius 1 is 1.12 bits per heavy atom. The number of carbonyl (C=O) groups is 2. The third-order valence-corrected chi connectivity index (χ3v) is 14.6. The Kier molecular flexibility index (Phi) is 11.2. The lowest BCUT2D eigenvalue weighted by Gasteiger charge is -2.36. The number of carbonyl (C=O) groups excluding carboxylic acids is 2. The molecule has 0 saturated carbocycles. The first-order chi connectivity index (χ1) is 20.1. The van der Waals surface area contributed by atoms with Crippen molar-refractivity contribution in [1.29, 1.82) is 0 Å². The molecule has 0 spiro atoms. The molecule has 2 aromatic heterocycles. The third kappa shape index (κ3) is 7.81. The molecule has 15 heteroatoms. The summed E-state index contributed by atoms with van der Waals surface area (Å²) in [7, 11) is -5.93. The van der Waals surface area contributed by atoms with Crippen molar-refractivity contribution in [2.45, 2.75) is 77.5 Å². The van der Waals surface area contributed by atoms with Gasteiger partial charge in [0.2, 0.25) is 15.9 Å². The normalized spacial score (nSPS) is 15.4. The molecule has 3 heterocycles. The molecule has 0 aromatic carbocycles. The van der Waals surface area contributed by atoms with Crippen LogP contribution in [0.25, 0.3) is 0 Å². The summed E-state index contributed by atoms with van der Waals surface area (Å²) in [5, 5.41) is 7.20. The van der Waals surface area contributed by atoms with Crippen LogP contribution in [0.1, 0.15) is 68.1 Å². The molecule has 3 rings (SSSR count). The molecule has 2 aromatic rings. The first-order valence-electron chi connectivity index (χ1n) is 14.8. The summed E-state index contributed by atoms with van der Waals surface area (Å²) in [6.07, 6.45) is 1.64. The van der Waals surface area contributed by atoms with Crippen LogP contribution in [-0.2, 0) is 27.4 Å². The average molecular weight is 638 g/mol. The van der Waals surface area contributed by atoms with Gasteiger partial charge in [-0.2, -0.15) is 9.40 Å². The van der Waals surface area contributed by atoms with Gasteiger partial charge in [0.1, 0.15) is 10.5 Å². The number of hydrogen-bond acceptors (Lipinski definition) is 9. The Hall–Kier alpha value is -2.85. The summed E-state index contributed by atoms with van der Waals surface area (Å²) in [6, 6.07) is 1.27. The molecule has 1 aliphatic heterocycles. The number of amides is 2. The van der Waals surface area contributed by atoms with Gasteiger partial charge in [-0.05, 0) is 44.1 Å². The van der Waals surface area contributed by atoms with Gasteiger partial charge in [0.25, 0.3) is 11.8 Å². The summed E-state index contributed by atoms with van der Waals surface area (Å²) in [5.41, 5.74) is 6.24. The fourth-order valence-corrected chi connectivity index (χ4v) is 6.98. The SMILES string of the molecule is CCOc1ncc(S(=O)(=O)N2CCN(CC)CC2)cc1C(=O)Nc1c(C(N)=O)nn(CCO[Si](C)(C)C(C)(C)C)c1CC. The Bertz CT molecular complexity index is 1410. The topological polar surface area (TPSA) is 162 Å². The number of primary amides is 1. The summed E-state index contributed by atoms with van der Waals surface area (Å²) in [5.74, 6) is -1.53. The first kappa shape index (κ1) is 34.6. The molecule has 0 radical (unpaired) electrons. The second-order valence-electron chi connectivity index (χ2n) is 12.0. The van der Waals surface area contributed by atoms with Crippen LogP contribution >= 0.6 is 0 Å². The van der Waals surface area contributed by atoms with E-state index in [1.54, 1.807) is 11.6 Å². The molecule has 0 unspecified atom stereocenters. The van der Waals surface area contributed by atoms with Gasteiger partial charge >= 0.3 is 0 Å². The molecule has 0 bridgehead atoms. The number of piperazine rings is 1. The van der Waals surface area contributed by atoms with E-state index in [1.165, 1.54) is 16.6 Å². The van der Waals surface area contributed by atoms with Crippen molar-refractivity contribution in [3.63, 3.8) is 0 Å². The number of rotatable bonds is 13. The number of aromatic nitrogens is 3. The van der Waals surface area contributed by atoms with Crippen molar-refractivity contribution >= 4 is 35.8 Å². The van der Waals surface area contributed by atoms with Crippen LogP contribution in [0.15, 0.2) is 17.2 Å². The van der Waals surface area contributed by atoms with E-state index in [1.807, 2.05) is 13.8 Å². The number of pyridine rings is 1. The van der Waals surface area contributed by atoms with Crippen molar-refractivity contribution in [1.82, 2.24) is 24.0 Å². The highest BCUT2D eigenvalue weighted by atomic mass is 32.2. The zero-order valence-electron chi connectivity index (χ0n) is 26.7. The highest BCUT2D eigenvalue weighted by molar-refractivity contribution is 7.89. The van der Waals surface area contributed by atoms with E-state index < -0.39 is 30.2 Å². The monoisotopic (exact) mass is 637 g/mol. The Morgan fingerprint density at radius 2 is 1.77 bits per heavy atom. The second kappa shape index (κ2) is 13.8. The maximum atomic E-state index is 13.7. The van der Waals surface area contributed by atoms with E-state index in [2.05, 4.69) is 54.2 Å². The molecule has 1 saturated heterocycles. The van der Waals surface area contributed by atoms with E-state index in [0.717, 1.165) is 6.54 Å². The number of anilines is 1. The van der Waals surface area contributed by atoms with Gasteiger partial charge in [-0.3, -0.25) is 14.3 Å². The van der Waals surface area contributed by atoms with E-state index in [-0.39, 0.29) is 39.4 Å². The Balaban J connectivity index is 1.93. The van der Waals surface area contributed by atoms with Gasteiger partial charge < -0.3 is 25.1 Å². The van der Waals surface area contributed by atoms with E-state index in [4.69, 9.17) is 14.9 Å². The van der Waals surface area contributed by atoms with Crippen molar-refractivity contribution in [2.75, 3.05) is 51.3 Å². The van der Waals surface area contributed by atoms with Crippen LogP contribution < -0.4 is 15.8 Å². The summed E-state index contributed by atoms with van der Waals surface area (Å²) in [4.78, 5) is 32.3. The van der Waals surface area contributed by atoms with E-state index >= 15 is 0 Å². The maximum absolute atomic E-state index is 13.7. The zero-order valence-corrected chi connectivity index (χ0v) is 28.5. The van der Waals surface area contributed by atoms with Crippen LogP contribution in [-0.4, -0.2) is 98.5 Å². The number of likely N-dealkylation sites (N-methyl/N-ethyl adjacent to an activating group) is 1.